The van der Waals surface area contributed by atoms with Crippen molar-refractivity contribution in [1.82, 2.24) is 15.0 Å². The molecule has 2 aromatic rings. The van der Waals surface area contributed by atoms with E-state index in [9.17, 15) is 0 Å². The Labute approximate surface area is 114 Å². The Bertz CT molecular complexity index is 532. The van der Waals surface area contributed by atoms with Crippen molar-refractivity contribution < 1.29 is 4.74 Å². The van der Waals surface area contributed by atoms with Crippen molar-refractivity contribution >= 4 is 28.9 Å². The first-order valence-electron chi connectivity index (χ1n) is 5.52. The van der Waals surface area contributed by atoms with Gasteiger partial charge in [-0.3, -0.25) is 0 Å². The molecule has 0 radical (unpaired) electrons. The monoisotopic (exact) mass is 284 g/mol. The Kier molecular flexibility index (Phi) is 4.33. The van der Waals surface area contributed by atoms with Crippen molar-refractivity contribution in [3.05, 3.63) is 16.5 Å². The number of methoxy groups -OCH3 is 1. The SMILES string of the molecule is CCCNc1nc(OC)nc(-c2sccc2Cl)n1. The summed E-state index contributed by atoms with van der Waals surface area (Å²) in [6.45, 7) is 2.87. The van der Waals surface area contributed by atoms with E-state index in [-0.39, 0.29) is 6.01 Å². The number of hydrogen-bond donors (Lipinski definition) is 1. The predicted molar refractivity (Wildman–Crippen MR) is 73.5 cm³/mol. The number of aromatic nitrogens is 3. The van der Waals surface area contributed by atoms with Gasteiger partial charge in [-0.25, -0.2) is 0 Å². The zero-order valence-corrected chi connectivity index (χ0v) is 11.7. The minimum atomic E-state index is 0.281. The van der Waals surface area contributed by atoms with Crippen LogP contribution in [0, 0.1) is 0 Å². The first-order valence-corrected chi connectivity index (χ1v) is 6.77. The normalized spacial score (nSPS) is 10.4. The minimum Gasteiger partial charge on any atom is -0.467 e. The molecule has 0 aromatic carbocycles. The summed E-state index contributed by atoms with van der Waals surface area (Å²) >= 11 is 7.56. The molecular formula is C11H13ClN4OS. The lowest BCUT2D eigenvalue weighted by Gasteiger charge is -2.06. The zero-order chi connectivity index (χ0) is 13.0. The van der Waals surface area contributed by atoms with Crippen LogP contribution in [0.25, 0.3) is 10.7 Å². The molecule has 0 fully saturated rings. The van der Waals surface area contributed by atoms with Gasteiger partial charge < -0.3 is 10.1 Å². The molecule has 0 saturated carbocycles. The molecule has 0 spiro atoms. The quantitative estimate of drug-likeness (QED) is 0.914. The summed E-state index contributed by atoms with van der Waals surface area (Å²) in [4.78, 5) is 13.5. The van der Waals surface area contributed by atoms with Gasteiger partial charge in [0, 0.05) is 6.54 Å². The van der Waals surface area contributed by atoms with Gasteiger partial charge >= 0.3 is 6.01 Å². The highest BCUT2D eigenvalue weighted by molar-refractivity contribution is 7.14. The molecule has 1 N–H and O–H groups in total. The van der Waals surface area contributed by atoms with E-state index >= 15 is 0 Å². The number of rotatable bonds is 5. The summed E-state index contributed by atoms with van der Waals surface area (Å²) in [6, 6.07) is 2.10. The maximum Gasteiger partial charge on any atom is 0.321 e. The summed E-state index contributed by atoms with van der Waals surface area (Å²) < 4.78 is 5.07. The van der Waals surface area contributed by atoms with Crippen LogP contribution in [0.4, 0.5) is 5.95 Å². The van der Waals surface area contributed by atoms with E-state index < -0.39 is 0 Å². The van der Waals surface area contributed by atoms with E-state index in [0.29, 0.717) is 16.8 Å². The van der Waals surface area contributed by atoms with E-state index in [2.05, 4.69) is 27.2 Å². The highest BCUT2D eigenvalue weighted by atomic mass is 35.5. The maximum absolute atomic E-state index is 6.08. The second kappa shape index (κ2) is 5.97. The molecule has 0 atom stereocenters. The molecule has 0 bridgehead atoms. The molecule has 0 amide bonds. The average molecular weight is 285 g/mol. The largest absolute Gasteiger partial charge is 0.467 e. The fourth-order valence-electron chi connectivity index (χ4n) is 1.32. The van der Waals surface area contributed by atoms with E-state index in [4.69, 9.17) is 16.3 Å². The lowest BCUT2D eigenvalue weighted by Crippen LogP contribution is -2.07. The van der Waals surface area contributed by atoms with Crippen LogP contribution in [-0.4, -0.2) is 28.6 Å². The fraction of sp³-hybridized carbons (Fsp3) is 0.364. The Balaban J connectivity index is 2.38. The maximum atomic E-state index is 6.08. The Morgan fingerprint density at radius 3 is 2.83 bits per heavy atom. The van der Waals surface area contributed by atoms with Crippen molar-refractivity contribution in [3.63, 3.8) is 0 Å². The van der Waals surface area contributed by atoms with Gasteiger partial charge in [-0.2, -0.15) is 15.0 Å². The first-order chi connectivity index (χ1) is 8.74. The van der Waals surface area contributed by atoms with Crippen LogP contribution in [0.3, 0.4) is 0 Å². The average Bonchev–Trinajstić information content (AvgIpc) is 2.82. The molecule has 18 heavy (non-hydrogen) atoms. The molecule has 0 unspecified atom stereocenters. The molecule has 96 valence electrons. The number of hydrogen-bond acceptors (Lipinski definition) is 6. The van der Waals surface area contributed by atoms with Crippen molar-refractivity contribution in [2.24, 2.45) is 0 Å². The third kappa shape index (κ3) is 2.88. The molecule has 5 nitrogen and oxygen atoms in total. The molecule has 0 aliphatic rings. The number of thiophene rings is 1. The van der Waals surface area contributed by atoms with Gasteiger partial charge in [0.15, 0.2) is 5.82 Å². The molecule has 0 saturated heterocycles. The van der Waals surface area contributed by atoms with E-state index in [1.54, 1.807) is 0 Å². The van der Waals surface area contributed by atoms with Gasteiger partial charge in [0.1, 0.15) is 0 Å². The standard InChI is InChI=1S/C11H13ClN4OS/c1-3-5-13-10-14-9(15-11(16-10)17-2)8-7(12)4-6-18-8/h4,6H,3,5H2,1-2H3,(H,13,14,15,16). The summed E-state index contributed by atoms with van der Waals surface area (Å²) in [7, 11) is 1.53. The van der Waals surface area contributed by atoms with Crippen LogP contribution >= 0.6 is 22.9 Å². The van der Waals surface area contributed by atoms with Crippen molar-refractivity contribution in [3.8, 4) is 16.7 Å². The molecular weight excluding hydrogens is 272 g/mol. The van der Waals surface area contributed by atoms with Crippen LogP contribution < -0.4 is 10.1 Å². The smallest absolute Gasteiger partial charge is 0.321 e. The van der Waals surface area contributed by atoms with E-state index in [1.165, 1.54) is 18.4 Å². The van der Waals surface area contributed by atoms with Gasteiger partial charge in [0.05, 0.1) is 17.0 Å². The predicted octanol–water partition coefficient (Wildman–Crippen LogP) is 3.08. The van der Waals surface area contributed by atoms with Crippen molar-refractivity contribution in [2.45, 2.75) is 13.3 Å². The third-order valence-electron chi connectivity index (χ3n) is 2.15. The summed E-state index contributed by atoms with van der Waals surface area (Å²) in [5.74, 6) is 1.03. The second-order valence-electron chi connectivity index (χ2n) is 3.49. The van der Waals surface area contributed by atoms with Gasteiger partial charge in [-0.15, -0.1) is 11.3 Å². The second-order valence-corrected chi connectivity index (χ2v) is 4.82. The summed E-state index contributed by atoms with van der Waals surface area (Å²) in [6.07, 6.45) is 0.989. The molecule has 2 rings (SSSR count). The third-order valence-corrected chi connectivity index (χ3v) is 3.49. The van der Waals surface area contributed by atoms with Crippen LogP contribution in [0.2, 0.25) is 5.02 Å². The number of nitrogens with one attached hydrogen (secondary N) is 1. The fourth-order valence-corrected chi connectivity index (χ4v) is 2.39. The number of nitrogens with zero attached hydrogens (tertiary/aromatic N) is 3. The van der Waals surface area contributed by atoms with Gasteiger partial charge in [-0.05, 0) is 17.9 Å². The zero-order valence-electron chi connectivity index (χ0n) is 10.1. The van der Waals surface area contributed by atoms with Crippen molar-refractivity contribution in [2.75, 3.05) is 19.0 Å². The topological polar surface area (TPSA) is 59.9 Å². The van der Waals surface area contributed by atoms with Gasteiger partial charge in [-0.1, -0.05) is 18.5 Å². The number of ether oxygens (including phenoxy) is 1. The van der Waals surface area contributed by atoms with Crippen molar-refractivity contribution in [1.29, 1.82) is 0 Å². The first kappa shape index (κ1) is 13.0. The molecule has 0 aliphatic heterocycles. The summed E-state index contributed by atoms with van der Waals surface area (Å²) in [5.41, 5.74) is 0. The Morgan fingerprint density at radius 1 is 1.39 bits per heavy atom. The number of halogens is 1. The highest BCUT2D eigenvalue weighted by Crippen LogP contribution is 2.31. The Morgan fingerprint density at radius 2 is 2.22 bits per heavy atom. The van der Waals surface area contributed by atoms with Crippen LogP contribution in [0.1, 0.15) is 13.3 Å². The molecule has 2 heterocycles. The highest BCUT2D eigenvalue weighted by Gasteiger charge is 2.12. The molecule has 2 aromatic heterocycles. The minimum absolute atomic E-state index is 0.281. The Hall–Kier alpha value is -1.40. The van der Waals surface area contributed by atoms with Gasteiger partial charge in [0.2, 0.25) is 5.95 Å². The lowest BCUT2D eigenvalue weighted by molar-refractivity contribution is 0.379. The van der Waals surface area contributed by atoms with E-state index in [1.807, 2.05) is 11.4 Å². The molecule has 7 heteroatoms. The van der Waals surface area contributed by atoms with E-state index in [0.717, 1.165) is 17.8 Å². The molecule has 0 aliphatic carbocycles. The number of anilines is 1. The van der Waals surface area contributed by atoms with Crippen LogP contribution in [-0.2, 0) is 0 Å². The summed E-state index contributed by atoms with van der Waals surface area (Å²) in [5, 5.41) is 5.64. The van der Waals surface area contributed by atoms with Crippen LogP contribution in [0.15, 0.2) is 11.4 Å². The van der Waals surface area contributed by atoms with Crippen LogP contribution in [0.5, 0.6) is 6.01 Å². The van der Waals surface area contributed by atoms with Gasteiger partial charge in [0.25, 0.3) is 0 Å². The lowest BCUT2D eigenvalue weighted by atomic mass is 10.4.